The summed E-state index contributed by atoms with van der Waals surface area (Å²) < 4.78 is 25.3. The second-order valence-corrected chi connectivity index (χ2v) is 7.74. The molecule has 0 bridgehead atoms. The Morgan fingerprint density at radius 3 is 2.60 bits per heavy atom. The lowest BCUT2D eigenvalue weighted by Gasteiger charge is -2.38. The minimum Gasteiger partial charge on any atom is -0.494 e. The third-order valence-electron chi connectivity index (χ3n) is 5.41. The maximum atomic E-state index is 13.5. The molecular formula is C24H20ClFN2O2. The van der Waals surface area contributed by atoms with Crippen LogP contribution >= 0.6 is 11.6 Å². The summed E-state index contributed by atoms with van der Waals surface area (Å²) in [4.78, 5) is 0. The van der Waals surface area contributed by atoms with E-state index in [1.807, 2.05) is 54.4 Å². The quantitative estimate of drug-likeness (QED) is 0.508. The minimum atomic E-state index is -0.440. The average Bonchev–Trinajstić information content (AvgIpc) is 3.21. The molecule has 0 N–H and O–H groups in total. The summed E-state index contributed by atoms with van der Waals surface area (Å²) >= 11 is 6.27. The molecule has 2 heterocycles. The van der Waals surface area contributed by atoms with Crippen LogP contribution in [0.15, 0.2) is 71.8 Å². The Kier molecular flexibility index (Phi) is 4.83. The van der Waals surface area contributed by atoms with Gasteiger partial charge in [0.25, 0.3) is 0 Å². The first-order valence-corrected chi connectivity index (χ1v) is 10.3. The molecule has 2 aliphatic rings. The van der Waals surface area contributed by atoms with Crippen molar-refractivity contribution < 1.29 is 13.9 Å². The van der Waals surface area contributed by atoms with Crippen LogP contribution in [0.1, 0.15) is 42.3 Å². The molecule has 5 rings (SSSR count). The molecule has 2 aliphatic heterocycles. The molecule has 3 aromatic rings. The molecule has 0 radical (unpaired) electrons. The number of hydrazone groups is 1. The van der Waals surface area contributed by atoms with Crippen LogP contribution in [0.5, 0.6) is 11.5 Å². The largest absolute Gasteiger partial charge is 0.494 e. The highest BCUT2D eigenvalue weighted by atomic mass is 35.5. The first-order chi connectivity index (χ1) is 14.6. The predicted octanol–water partition coefficient (Wildman–Crippen LogP) is 6.12. The van der Waals surface area contributed by atoms with Gasteiger partial charge in [-0.25, -0.2) is 9.40 Å². The number of ether oxygens (including phenoxy) is 2. The highest BCUT2D eigenvalue weighted by molar-refractivity contribution is 6.30. The highest BCUT2D eigenvalue weighted by Gasteiger charge is 2.41. The number of rotatable bonds is 4. The molecule has 0 saturated carbocycles. The van der Waals surface area contributed by atoms with Crippen molar-refractivity contribution in [3.63, 3.8) is 0 Å². The lowest BCUT2D eigenvalue weighted by molar-refractivity contribution is -0.0190. The fraction of sp³-hybridized carbons (Fsp3) is 0.208. The smallest absolute Gasteiger partial charge is 0.213 e. The van der Waals surface area contributed by atoms with Crippen molar-refractivity contribution >= 4 is 17.3 Å². The molecule has 4 nitrogen and oxygen atoms in total. The minimum absolute atomic E-state index is 0.0101. The van der Waals surface area contributed by atoms with Crippen molar-refractivity contribution in [1.82, 2.24) is 5.01 Å². The van der Waals surface area contributed by atoms with Gasteiger partial charge in [0.1, 0.15) is 17.3 Å². The summed E-state index contributed by atoms with van der Waals surface area (Å²) in [6, 6.07) is 20.0. The average molecular weight is 423 g/mol. The summed E-state index contributed by atoms with van der Waals surface area (Å²) in [7, 11) is 0. The third kappa shape index (κ3) is 3.39. The molecule has 152 valence electrons. The molecule has 0 unspecified atom stereocenters. The molecule has 3 aromatic carbocycles. The van der Waals surface area contributed by atoms with Crippen LogP contribution in [0.4, 0.5) is 4.39 Å². The Morgan fingerprint density at radius 2 is 1.87 bits per heavy atom. The number of nitrogens with zero attached hydrogens (tertiary/aromatic N) is 2. The Balaban J connectivity index is 1.54. The fourth-order valence-electron chi connectivity index (χ4n) is 3.99. The van der Waals surface area contributed by atoms with Gasteiger partial charge in [-0.15, -0.1) is 0 Å². The van der Waals surface area contributed by atoms with E-state index in [-0.39, 0.29) is 11.9 Å². The number of fused-ring (bicyclic) bond motifs is 3. The zero-order chi connectivity index (χ0) is 20.7. The SMILES string of the molecule is CCOc1ccc(C2=NN3[C@@H](C2)c2cc(Cl)ccc2O[C@H]3c2ccc(F)cc2)cc1. The Morgan fingerprint density at radius 1 is 1.10 bits per heavy atom. The number of hydrogen-bond acceptors (Lipinski definition) is 4. The topological polar surface area (TPSA) is 34.1 Å². The van der Waals surface area contributed by atoms with E-state index in [2.05, 4.69) is 0 Å². The lowest BCUT2D eigenvalue weighted by atomic mass is 9.96. The molecule has 0 spiro atoms. The summed E-state index contributed by atoms with van der Waals surface area (Å²) in [5.74, 6) is 1.33. The fourth-order valence-corrected chi connectivity index (χ4v) is 4.17. The second-order valence-electron chi connectivity index (χ2n) is 7.31. The molecular weight excluding hydrogens is 403 g/mol. The van der Waals surface area contributed by atoms with Crippen LogP contribution in [-0.4, -0.2) is 17.3 Å². The summed E-state index contributed by atoms with van der Waals surface area (Å²) in [5, 5.41) is 7.53. The highest BCUT2D eigenvalue weighted by Crippen LogP contribution is 2.48. The second kappa shape index (κ2) is 7.65. The maximum Gasteiger partial charge on any atom is 0.213 e. The van der Waals surface area contributed by atoms with Crippen molar-refractivity contribution in [2.75, 3.05) is 6.61 Å². The van der Waals surface area contributed by atoms with E-state index in [0.717, 1.165) is 40.3 Å². The Hall–Kier alpha value is -3.05. The number of halogens is 2. The maximum absolute atomic E-state index is 13.5. The monoisotopic (exact) mass is 422 g/mol. The van der Waals surface area contributed by atoms with Crippen molar-refractivity contribution in [1.29, 1.82) is 0 Å². The van der Waals surface area contributed by atoms with Crippen LogP contribution in [0.3, 0.4) is 0 Å². The van der Waals surface area contributed by atoms with Crippen molar-refractivity contribution in [3.8, 4) is 11.5 Å². The van der Waals surface area contributed by atoms with Gasteiger partial charge in [-0.1, -0.05) is 23.7 Å². The Labute approximate surface area is 179 Å². The summed E-state index contributed by atoms with van der Waals surface area (Å²) in [6.07, 6.45) is 0.284. The third-order valence-corrected chi connectivity index (χ3v) is 5.64. The Bertz CT molecular complexity index is 1100. The zero-order valence-electron chi connectivity index (χ0n) is 16.4. The predicted molar refractivity (Wildman–Crippen MR) is 115 cm³/mol. The molecule has 0 amide bonds. The van der Waals surface area contributed by atoms with Gasteiger partial charge in [-0.2, -0.15) is 5.10 Å². The van der Waals surface area contributed by atoms with E-state index in [1.54, 1.807) is 12.1 Å². The van der Waals surface area contributed by atoms with Gasteiger partial charge >= 0.3 is 0 Å². The van der Waals surface area contributed by atoms with Gasteiger partial charge in [0.2, 0.25) is 6.23 Å². The normalized spacial score (nSPS) is 19.6. The van der Waals surface area contributed by atoms with E-state index < -0.39 is 6.23 Å². The van der Waals surface area contributed by atoms with Crippen LogP contribution < -0.4 is 9.47 Å². The van der Waals surface area contributed by atoms with Crippen LogP contribution in [0.25, 0.3) is 0 Å². The molecule has 0 aromatic heterocycles. The van der Waals surface area contributed by atoms with E-state index in [9.17, 15) is 4.39 Å². The van der Waals surface area contributed by atoms with Gasteiger partial charge in [-0.3, -0.25) is 0 Å². The van der Waals surface area contributed by atoms with Gasteiger partial charge in [0, 0.05) is 22.6 Å². The lowest BCUT2D eigenvalue weighted by Crippen LogP contribution is -2.33. The van der Waals surface area contributed by atoms with E-state index in [4.69, 9.17) is 26.2 Å². The van der Waals surface area contributed by atoms with Crippen molar-refractivity contribution in [3.05, 3.63) is 94.3 Å². The van der Waals surface area contributed by atoms with E-state index in [0.29, 0.717) is 11.6 Å². The molecule has 6 heteroatoms. The zero-order valence-corrected chi connectivity index (χ0v) is 17.1. The summed E-state index contributed by atoms with van der Waals surface area (Å²) in [6.45, 7) is 2.59. The first kappa shape index (κ1) is 18.9. The van der Waals surface area contributed by atoms with Gasteiger partial charge in [0.15, 0.2) is 0 Å². The molecule has 0 aliphatic carbocycles. The van der Waals surface area contributed by atoms with E-state index >= 15 is 0 Å². The number of benzene rings is 3. The molecule has 0 saturated heterocycles. The van der Waals surface area contributed by atoms with Crippen LogP contribution in [0.2, 0.25) is 5.02 Å². The van der Waals surface area contributed by atoms with Gasteiger partial charge in [-0.05, 0) is 67.1 Å². The van der Waals surface area contributed by atoms with E-state index in [1.165, 1.54) is 12.1 Å². The molecule has 30 heavy (non-hydrogen) atoms. The standard InChI is InChI=1S/C24H20ClFN2O2/c1-2-29-19-10-5-15(6-11-19)21-14-22-20-13-17(25)7-12-23(20)30-24(28(22)27-21)16-3-8-18(26)9-4-16/h3-13,22,24H,2,14H2,1H3/t22-,24-/m0/s1. The molecule has 2 atom stereocenters. The number of hydrogen-bond donors (Lipinski definition) is 0. The van der Waals surface area contributed by atoms with Crippen molar-refractivity contribution in [2.24, 2.45) is 5.10 Å². The van der Waals surface area contributed by atoms with Gasteiger partial charge < -0.3 is 9.47 Å². The van der Waals surface area contributed by atoms with Crippen LogP contribution in [0, 0.1) is 5.82 Å². The van der Waals surface area contributed by atoms with Gasteiger partial charge in [0.05, 0.1) is 18.4 Å². The first-order valence-electron chi connectivity index (χ1n) is 9.93. The summed E-state index contributed by atoms with van der Waals surface area (Å²) in [5.41, 5.74) is 3.85. The van der Waals surface area contributed by atoms with Crippen LogP contribution in [-0.2, 0) is 0 Å². The van der Waals surface area contributed by atoms with Crippen molar-refractivity contribution in [2.45, 2.75) is 25.6 Å². The molecule has 0 fully saturated rings.